The van der Waals surface area contributed by atoms with Gasteiger partial charge in [-0.05, 0) is 30.7 Å². The molecule has 106 valence electrons. The van der Waals surface area contributed by atoms with Gasteiger partial charge in [-0.2, -0.15) is 11.3 Å². The summed E-state index contributed by atoms with van der Waals surface area (Å²) in [5.74, 6) is -0.110. The monoisotopic (exact) mass is 291 g/mol. The SMILES string of the molecule is O=C(N[C@@H]1CCC[C@@H](n2ccnc2)[C@@H]1O)c1ccsc1. The quantitative estimate of drug-likeness (QED) is 0.906. The van der Waals surface area contributed by atoms with Gasteiger partial charge < -0.3 is 15.0 Å². The Morgan fingerprint density at radius 2 is 2.40 bits per heavy atom. The molecule has 1 fully saturated rings. The number of carbonyl (C=O) groups excluding carboxylic acids is 1. The van der Waals surface area contributed by atoms with E-state index in [4.69, 9.17) is 0 Å². The normalized spacial score (nSPS) is 26.4. The maximum atomic E-state index is 12.1. The Balaban J connectivity index is 1.69. The summed E-state index contributed by atoms with van der Waals surface area (Å²) in [5, 5.41) is 17.1. The lowest BCUT2D eigenvalue weighted by Gasteiger charge is -2.35. The highest BCUT2D eigenvalue weighted by atomic mass is 32.1. The fourth-order valence-corrected chi connectivity index (χ4v) is 3.39. The molecule has 2 aromatic heterocycles. The van der Waals surface area contributed by atoms with Crippen LogP contribution in [0.2, 0.25) is 0 Å². The molecule has 0 aliphatic heterocycles. The van der Waals surface area contributed by atoms with E-state index < -0.39 is 6.10 Å². The first-order valence-electron chi connectivity index (χ1n) is 6.74. The Morgan fingerprint density at radius 1 is 1.50 bits per heavy atom. The van der Waals surface area contributed by atoms with Gasteiger partial charge in [0.15, 0.2) is 0 Å². The lowest BCUT2D eigenvalue weighted by atomic mass is 9.87. The molecule has 0 bridgehead atoms. The smallest absolute Gasteiger partial charge is 0.252 e. The van der Waals surface area contributed by atoms with E-state index in [-0.39, 0.29) is 18.0 Å². The Bertz CT molecular complexity index is 553. The second-order valence-corrected chi connectivity index (χ2v) is 5.87. The summed E-state index contributed by atoms with van der Waals surface area (Å²) in [6.45, 7) is 0. The first-order chi connectivity index (χ1) is 9.75. The molecule has 2 heterocycles. The van der Waals surface area contributed by atoms with E-state index in [1.807, 2.05) is 21.5 Å². The zero-order valence-electron chi connectivity index (χ0n) is 11.0. The molecule has 0 spiro atoms. The number of aliphatic hydroxyl groups excluding tert-OH is 1. The molecule has 0 saturated heterocycles. The molecule has 1 aliphatic rings. The summed E-state index contributed by atoms with van der Waals surface area (Å²) in [4.78, 5) is 16.1. The Kier molecular flexibility index (Phi) is 3.84. The van der Waals surface area contributed by atoms with Crippen molar-refractivity contribution in [1.82, 2.24) is 14.9 Å². The molecular weight excluding hydrogens is 274 g/mol. The second kappa shape index (κ2) is 5.76. The van der Waals surface area contributed by atoms with E-state index in [0.717, 1.165) is 19.3 Å². The maximum Gasteiger partial charge on any atom is 0.252 e. The van der Waals surface area contributed by atoms with Crippen LogP contribution < -0.4 is 5.32 Å². The van der Waals surface area contributed by atoms with Gasteiger partial charge in [-0.15, -0.1) is 0 Å². The summed E-state index contributed by atoms with van der Waals surface area (Å²) in [6, 6.07) is 1.57. The number of hydrogen-bond acceptors (Lipinski definition) is 4. The molecule has 3 rings (SSSR count). The van der Waals surface area contributed by atoms with Crippen LogP contribution in [0.1, 0.15) is 35.7 Å². The number of nitrogens with zero attached hydrogens (tertiary/aromatic N) is 2. The third-order valence-corrected chi connectivity index (χ3v) is 4.51. The summed E-state index contributed by atoms with van der Waals surface area (Å²) in [6.07, 6.45) is 7.40. The van der Waals surface area contributed by atoms with Crippen molar-refractivity contribution in [3.05, 3.63) is 41.1 Å². The molecule has 1 amide bonds. The third kappa shape index (κ3) is 2.62. The molecule has 0 unspecified atom stereocenters. The standard InChI is InChI=1S/C14H17N3O2S/c18-13-11(16-14(19)10-4-7-20-8-10)2-1-3-12(13)17-6-5-15-9-17/h4-9,11-13,18H,1-3H2,(H,16,19)/t11-,12-,13-/m1/s1. The van der Waals surface area contributed by atoms with Crippen LogP contribution in [0.3, 0.4) is 0 Å². The molecule has 2 aromatic rings. The van der Waals surface area contributed by atoms with Crippen LogP contribution in [0, 0.1) is 0 Å². The Hall–Kier alpha value is -1.66. The molecule has 3 atom stereocenters. The number of hydrogen-bond donors (Lipinski definition) is 2. The van der Waals surface area contributed by atoms with Crippen molar-refractivity contribution in [2.45, 2.75) is 37.5 Å². The fourth-order valence-electron chi connectivity index (χ4n) is 2.75. The van der Waals surface area contributed by atoms with Crippen molar-refractivity contribution in [3.63, 3.8) is 0 Å². The van der Waals surface area contributed by atoms with E-state index in [0.29, 0.717) is 5.56 Å². The van der Waals surface area contributed by atoms with Gasteiger partial charge in [-0.25, -0.2) is 4.98 Å². The van der Waals surface area contributed by atoms with E-state index in [9.17, 15) is 9.90 Å². The van der Waals surface area contributed by atoms with Crippen molar-refractivity contribution in [3.8, 4) is 0 Å². The predicted octanol–water partition coefficient (Wildman–Crippen LogP) is 1.83. The molecule has 0 aromatic carbocycles. The molecule has 2 N–H and O–H groups in total. The van der Waals surface area contributed by atoms with E-state index in [2.05, 4.69) is 10.3 Å². The minimum absolute atomic E-state index is 0.0148. The van der Waals surface area contributed by atoms with Gasteiger partial charge in [0.2, 0.25) is 0 Å². The molecule has 1 aliphatic carbocycles. The van der Waals surface area contributed by atoms with Gasteiger partial charge in [-0.3, -0.25) is 4.79 Å². The lowest BCUT2D eigenvalue weighted by Crippen LogP contribution is -2.49. The number of aromatic nitrogens is 2. The first kappa shape index (κ1) is 13.3. The summed E-state index contributed by atoms with van der Waals surface area (Å²) in [7, 11) is 0. The number of aliphatic hydroxyl groups is 1. The van der Waals surface area contributed by atoms with Crippen LogP contribution in [0.4, 0.5) is 0 Å². The van der Waals surface area contributed by atoms with Crippen LogP contribution in [0.25, 0.3) is 0 Å². The number of thiophene rings is 1. The number of nitrogens with one attached hydrogen (secondary N) is 1. The van der Waals surface area contributed by atoms with Crippen LogP contribution >= 0.6 is 11.3 Å². The average molecular weight is 291 g/mol. The highest BCUT2D eigenvalue weighted by Crippen LogP contribution is 2.29. The highest BCUT2D eigenvalue weighted by molar-refractivity contribution is 7.08. The number of imidazole rings is 1. The van der Waals surface area contributed by atoms with Gasteiger partial charge in [-0.1, -0.05) is 0 Å². The number of carbonyl (C=O) groups is 1. The van der Waals surface area contributed by atoms with Crippen molar-refractivity contribution in [1.29, 1.82) is 0 Å². The van der Waals surface area contributed by atoms with Crippen LogP contribution in [0.15, 0.2) is 35.5 Å². The van der Waals surface area contributed by atoms with Gasteiger partial charge >= 0.3 is 0 Å². The van der Waals surface area contributed by atoms with Gasteiger partial charge in [0.25, 0.3) is 5.91 Å². The van der Waals surface area contributed by atoms with Gasteiger partial charge in [0, 0.05) is 23.3 Å². The van der Waals surface area contributed by atoms with Crippen molar-refractivity contribution < 1.29 is 9.90 Å². The zero-order chi connectivity index (χ0) is 13.9. The third-order valence-electron chi connectivity index (χ3n) is 3.83. The summed E-state index contributed by atoms with van der Waals surface area (Å²) >= 11 is 1.49. The van der Waals surface area contributed by atoms with Crippen molar-refractivity contribution in [2.24, 2.45) is 0 Å². The zero-order valence-corrected chi connectivity index (χ0v) is 11.8. The lowest BCUT2D eigenvalue weighted by molar-refractivity contribution is 0.0399. The van der Waals surface area contributed by atoms with Crippen molar-refractivity contribution >= 4 is 17.2 Å². The molecule has 0 radical (unpaired) electrons. The summed E-state index contributed by atoms with van der Waals surface area (Å²) in [5.41, 5.74) is 0.659. The van der Waals surface area contributed by atoms with Crippen LogP contribution in [-0.4, -0.2) is 32.7 Å². The maximum absolute atomic E-state index is 12.1. The minimum Gasteiger partial charge on any atom is -0.389 e. The first-order valence-corrected chi connectivity index (χ1v) is 7.68. The number of amides is 1. The molecule has 20 heavy (non-hydrogen) atoms. The van der Waals surface area contributed by atoms with Crippen LogP contribution in [0.5, 0.6) is 0 Å². The van der Waals surface area contributed by atoms with E-state index in [1.165, 1.54) is 11.3 Å². The highest BCUT2D eigenvalue weighted by Gasteiger charge is 2.33. The van der Waals surface area contributed by atoms with Gasteiger partial charge in [0.05, 0.1) is 24.5 Å². The molecule has 1 saturated carbocycles. The van der Waals surface area contributed by atoms with Crippen molar-refractivity contribution in [2.75, 3.05) is 0 Å². The van der Waals surface area contributed by atoms with Crippen LogP contribution in [-0.2, 0) is 0 Å². The summed E-state index contributed by atoms with van der Waals surface area (Å²) < 4.78 is 1.92. The largest absolute Gasteiger partial charge is 0.389 e. The van der Waals surface area contributed by atoms with E-state index >= 15 is 0 Å². The Labute approximate surface area is 121 Å². The molecule has 6 heteroatoms. The fraction of sp³-hybridized carbons (Fsp3) is 0.429. The van der Waals surface area contributed by atoms with E-state index in [1.54, 1.807) is 18.6 Å². The van der Waals surface area contributed by atoms with Gasteiger partial charge in [0.1, 0.15) is 0 Å². The minimum atomic E-state index is -0.583. The topological polar surface area (TPSA) is 67.2 Å². The average Bonchev–Trinajstić information content (AvgIpc) is 3.14. The second-order valence-electron chi connectivity index (χ2n) is 5.09. The molecule has 5 nitrogen and oxygen atoms in total. The Morgan fingerprint density at radius 3 is 3.10 bits per heavy atom. The number of rotatable bonds is 3. The predicted molar refractivity (Wildman–Crippen MR) is 76.7 cm³/mol. The molecular formula is C14H17N3O2S.